The number of hydrogen-bond acceptors (Lipinski definition) is 4. The summed E-state index contributed by atoms with van der Waals surface area (Å²) < 4.78 is 21.1. The minimum Gasteiger partial charge on any atom is -0.439 e. The number of piperidine rings is 1. The molecule has 1 fully saturated rings. The van der Waals surface area contributed by atoms with E-state index in [-0.39, 0.29) is 29.8 Å². The van der Waals surface area contributed by atoms with Crippen LogP contribution in [0.1, 0.15) is 24.9 Å². The quantitative estimate of drug-likeness (QED) is 0.288. The molecule has 1 aliphatic heterocycles. The zero-order valence-electron chi connectivity index (χ0n) is 18.2. The van der Waals surface area contributed by atoms with E-state index in [0.717, 1.165) is 31.0 Å². The summed E-state index contributed by atoms with van der Waals surface area (Å²) in [6.45, 7) is 4.74. The van der Waals surface area contributed by atoms with Crippen LogP contribution in [0.3, 0.4) is 0 Å². The topological polar surface area (TPSA) is 67.6 Å². The van der Waals surface area contributed by atoms with Gasteiger partial charge in [-0.25, -0.2) is 14.4 Å². The normalized spacial score (nSPS) is 18.7. The Labute approximate surface area is 204 Å². The van der Waals surface area contributed by atoms with Crippen molar-refractivity contribution in [3.63, 3.8) is 0 Å². The predicted octanol–water partition coefficient (Wildman–Crippen LogP) is 4.49. The predicted molar refractivity (Wildman–Crippen MR) is 133 cm³/mol. The summed E-state index contributed by atoms with van der Waals surface area (Å²) >= 11 is 0. The number of pyridine rings is 1. The number of nitrogens with zero attached hydrogens (tertiary/aromatic N) is 5. The SMILES string of the molecule is CN=C(NCc1ccc(Oc2cccc(F)c2)nc1)N1CCC(C)C(n2ccnc2)C1.I. The Kier molecular flexibility index (Phi) is 8.43. The Hall–Kier alpha value is -2.69. The smallest absolute Gasteiger partial charge is 0.219 e. The molecule has 0 aliphatic carbocycles. The monoisotopic (exact) mass is 550 g/mol. The lowest BCUT2D eigenvalue weighted by Gasteiger charge is -2.39. The number of likely N-dealkylation sites (tertiary alicyclic amines) is 1. The maximum absolute atomic E-state index is 13.3. The number of nitrogens with one attached hydrogen (secondary N) is 1. The molecule has 9 heteroatoms. The molecule has 3 aromatic rings. The van der Waals surface area contributed by atoms with Crippen molar-refractivity contribution in [2.24, 2.45) is 10.9 Å². The summed E-state index contributed by atoms with van der Waals surface area (Å²) in [5, 5.41) is 3.43. The molecule has 0 radical (unpaired) electrons. The van der Waals surface area contributed by atoms with Gasteiger partial charge in [-0.15, -0.1) is 24.0 Å². The van der Waals surface area contributed by atoms with E-state index in [2.05, 4.69) is 36.7 Å². The number of aliphatic imine (C=N–C) groups is 1. The molecule has 0 saturated carbocycles. The van der Waals surface area contributed by atoms with Crippen LogP contribution in [0.15, 0.2) is 66.3 Å². The van der Waals surface area contributed by atoms with Gasteiger partial charge in [-0.1, -0.05) is 19.1 Å². The first-order valence-corrected chi connectivity index (χ1v) is 10.4. The second-order valence-electron chi connectivity index (χ2n) is 7.75. The van der Waals surface area contributed by atoms with E-state index in [9.17, 15) is 4.39 Å². The molecule has 0 amide bonds. The second-order valence-corrected chi connectivity index (χ2v) is 7.75. The van der Waals surface area contributed by atoms with Gasteiger partial charge in [0.1, 0.15) is 11.6 Å². The van der Waals surface area contributed by atoms with Crippen LogP contribution in [-0.4, -0.2) is 45.5 Å². The number of rotatable bonds is 5. The van der Waals surface area contributed by atoms with Crippen LogP contribution < -0.4 is 10.1 Å². The Balaban J connectivity index is 0.00000289. The maximum atomic E-state index is 13.3. The highest BCUT2D eigenvalue weighted by atomic mass is 127. The molecule has 4 rings (SSSR count). The van der Waals surface area contributed by atoms with E-state index in [1.807, 2.05) is 24.8 Å². The molecule has 1 saturated heterocycles. The Bertz CT molecular complexity index is 1010. The molecule has 32 heavy (non-hydrogen) atoms. The molecule has 0 spiro atoms. The molecule has 1 N–H and O–H groups in total. The van der Waals surface area contributed by atoms with Gasteiger partial charge in [-0.3, -0.25) is 4.99 Å². The summed E-state index contributed by atoms with van der Waals surface area (Å²) in [5.41, 5.74) is 1.00. The number of imidazole rings is 1. The van der Waals surface area contributed by atoms with Crippen LogP contribution in [0, 0.1) is 11.7 Å². The van der Waals surface area contributed by atoms with Crippen LogP contribution >= 0.6 is 24.0 Å². The van der Waals surface area contributed by atoms with E-state index in [4.69, 9.17) is 4.74 Å². The van der Waals surface area contributed by atoms with Crippen LogP contribution in [-0.2, 0) is 6.54 Å². The molecule has 2 unspecified atom stereocenters. The zero-order valence-corrected chi connectivity index (χ0v) is 20.5. The van der Waals surface area contributed by atoms with Crippen LogP contribution in [0.4, 0.5) is 4.39 Å². The lowest BCUT2D eigenvalue weighted by atomic mass is 9.93. The van der Waals surface area contributed by atoms with Crippen LogP contribution in [0.5, 0.6) is 11.6 Å². The molecular formula is C23H28FIN6O. The lowest BCUT2D eigenvalue weighted by Crippen LogP contribution is -2.48. The zero-order chi connectivity index (χ0) is 21.6. The minimum absolute atomic E-state index is 0. The largest absolute Gasteiger partial charge is 0.439 e. The van der Waals surface area contributed by atoms with Crippen molar-refractivity contribution in [1.82, 2.24) is 24.8 Å². The third kappa shape index (κ3) is 5.96. The van der Waals surface area contributed by atoms with Crippen molar-refractivity contribution in [3.8, 4) is 11.6 Å². The summed E-state index contributed by atoms with van der Waals surface area (Å²) in [7, 11) is 1.81. The highest BCUT2D eigenvalue weighted by Gasteiger charge is 2.28. The fraction of sp³-hybridized carbons (Fsp3) is 0.348. The lowest BCUT2D eigenvalue weighted by molar-refractivity contribution is 0.189. The van der Waals surface area contributed by atoms with Gasteiger partial charge < -0.3 is 19.5 Å². The highest BCUT2D eigenvalue weighted by molar-refractivity contribution is 14.0. The first kappa shape index (κ1) is 24.0. The number of ether oxygens (including phenoxy) is 1. The maximum Gasteiger partial charge on any atom is 0.219 e. The molecule has 170 valence electrons. The van der Waals surface area contributed by atoms with Crippen molar-refractivity contribution in [2.75, 3.05) is 20.1 Å². The molecule has 1 aliphatic rings. The van der Waals surface area contributed by atoms with Crippen molar-refractivity contribution >= 4 is 29.9 Å². The minimum atomic E-state index is -0.341. The van der Waals surface area contributed by atoms with Gasteiger partial charge in [0.25, 0.3) is 0 Å². The van der Waals surface area contributed by atoms with Gasteiger partial charge in [0.05, 0.1) is 12.4 Å². The fourth-order valence-corrected chi connectivity index (χ4v) is 3.84. The van der Waals surface area contributed by atoms with E-state index in [0.29, 0.717) is 30.1 Å². The Morgan fingerprint density at radius 2 is 2.19 bits per heavy atom. The van der Waals surface area contributed by atoms with Crippen molar-refractivity contribution in [2.45, 2.75) is 25.9 Å². The fourth-order valence-electron chi connectivity index (χ4n) is 3.84. The third-order valence-corrected chi connectivity index (χ3v) is 5.60. The van der Waals surface area contributed by atoms with Crippen LogP contribution in [0.25, 0.3) is 0 Å². The molecular weight excluding hydrogens is 522 g/mol. The standard InChI is InChI=1S/C23H27FN6O.HI/c1-17-8-10-29(15-21(17)30-11-9-26-16-30)23(25-2)28-14-18-6-7-22(27-13-18)31-20-5-3-4-19(24)12-20;/h3-7,9,11-13,16-17,21H,8,10,14-15H2,1-2H3,(H,25,28);1H. The highest BCUT2D eigenvalue weighted by Crippen LogP contribution is 2.27. The molecule has 2 aromatic heterocycles. The number of benzene rings is 1. The van der Waals surface area contributed by atoms with E-state index in [1.54, 1.807) is 31.4 Å². The molecule has 1 aromatic carbocycles. The van der Waals surface area contributed by atoms with E-state index < -0.39 is 0 Å². The number of aromatic nitrogens is 3. The summed E-state index contributed by atoms with van der Waals surface area (Å²) in [6, 6.07) is 10.1. The van der Waals surface area contributed by atoms with E-state index in [1.165, 1.54) is 12.1 Å². The first-order chi connectivity index (χ1) is 15.1. The van der Waals surface area contributed by atoms with Crippen molar-refractivity contribution < 1.29 is 9.13 Å². The average molecular weight is 550 g/mol. The molecule has 0 bridgehead atoms. The molecule has 2 atom stereocenters. The molecule has 3 heterocycles. The van der Waals surface area contributed by atoms with Gasteiger partial charge in [-0.05, 0) is 30.0 Å². The van der Waals surface area contributed by atoms with Crippen molar-refractivity contribution in [1.29, 1.82) is 0 Å². The van der Waals surface area contributed by atoms with Gasteiger partial charge in [0.2, 0.25) is 5.88 Å². The Morgan fingerprint density at radius 3 is 2.88 bits per heavy atom. The summed E-state index contributed by atoms with van der Waals surface area (Å²) in [5.74, 6) is 1.96. The van der Waals surface area contributed by atoms with Crippen LogP contribution in [0.2, 0.25) is 0 Å². The Morgan fingerprint density at radius 1 is 1.31 bits per heavy atom. The summed E-state index contributed by atoms with van der Waals surface area (Å²) in [4.78, 5) is 15.3. The number of hydrogen-bond donors (Lipinski definition) is 1. The van der Waals surface area contributed by atoms with E-state index >= 15 is 0 Å². The molecule has 7 nitrogen and oxygen atoms in total. The second kappa shape index (κ2) is 11.3. The number of guanidine groups is 1. The van der Waals surface area contributed by atoms with Gasteiger partial charge in [0.15, 0.2) is 5.96 Å². The average Bonchev–Trinajstić information content (AvgIpc) is 3.31. The van der Waals surface area contributed by atoms with Gasteiger partial charge in [-0.2, -0.15) is 0 Å². The first-order valence-electron chi connectivity index (χ1n) is 10.4. The van der Waals surface area contributed by atoms with Crippen molar-refractivity contribution in [3.05, 3.63) is 72.7 Å². The van der Waals surface area contributed by atoms with Gasteiger partial charge >= 0.3 is 0 Å². The number of halogens is 2. The summed E-state index contributed by atoms with van der Waals surface area (Å²) in [6.07, 6.45) is 8.59. The third-order valence-electron chi connectivity index (χ3n) is 5.60. The van der Waals surface area contributed by atoms with Gasteiger partial charge in [0, 0.05) is 57.4 Å².